The van der Waals surface area contributed by atoms with Gasteiger partial charge in [-0.1, -0.05) is 45.0 Å². The van der Waals surface area contributed by atoms with Gasteiger partial charge >= 0.3 is 0 Å². The Hall–Kier alpha value is -2.51. The Balaban J connectivity index is 1.72. The van der Waals surface area contributed by atoms with Gasteiger partial charge in [0, 0.05) is 16.6 Å². The lowest BCUT2D eigenvalue weighted by Gasteiger charge is -2.06. The van der Waals surface area contributed by atoms with Crippen LogP contribution in [0.2, 0.25) is 0 Å². The molecule has 1 N–H and O–H groups in total. The number of carbonyl (C=O) groups is 1. The Morgan fingerprint density at radius 3 is 2.29 bits per heavy atom. The average Bonchev–Trinajstić information content (AvgIpc) is 3.19. The van der Waals surface area contributed by atoms with Crippen molar-refractivity contribution in [2.24, 2.45) is 0 Å². The van der Waals surface area contributed by atoms with Crippen molar-refractivity contribution in [2.75, 3.05) is 11.1 Å². The maximum absolute atomic E-state index is 12.5. The van der Waals surface area contributed by atoms with Crippen LogP contribution in [0.15, 0.2) is 58.8 Å². The minimum Gasteiger partial charge on any atom is -0.321 e. The standard InChI is InChI=1S/C21H22N2O3S2/c1-4-28(25,26)18-11-9-17(10-12-18)22-20(24)19-13-27-21(23-19)16-7-5-15(6-8-16)14(2)3/h5-14H,4H2,1-3H3,(H,22,24). The Morgan fingerprint density at radius 2 is 1.71 bits per heavy atom. The maximum atomic E-state index is 12.5. The molecule has 0 saturated heterocycles. The van der Waals surface area contributed by atoms with Crippen LogP contribution in [0, 0.1) is 0 Å². The van der Waals surface area contributed by atoms with Gasteiger partial charge in [-0.15, -0.1) is 11.3 Å². The molecule has 3 rings (SSSR count). The van der Waals surface area contributed by atoms with E-state index in [2.05, 4.69) is 36.3 Å². The molecule has 1 amide bonds. The largest absolute Gasteiger partial charge is 0.321 e. The smallest absolute Gasteiger partial charge is 0.275 e. The van der Waals surface area contributed by atoms with Gasteiger partial charge in [-0.3, -0.25) is 4.79 Å². The van der Waals surface area contributed by atoms with Crippen molar-refractivity contribution >= 4 is 32.8 Å². The lowest BCUT2D eigenvalue weighted by Crippen LogP contribution is -2.12. The van der Waals surface area contributed by atoms with E-state index in [1.807, 2.05) is 12.1 Å². The molecular weight excluding hydrogens is 392 g/mol. The van der Waals surface area contributed by atoms with E-state index in [0.717, 1.165) is 10.6 Å². The predicted molar refractivity (Wildman–Crippen MR) is 114 cm³/mol. The van der Waals surface area contributed by atoms with Gasteiger partial charge in [0.05, 0.1) is 10.6 Å². The van der Waals surface area contributed by atoms with E-state index in [1.165, 1.54) is 29.0 Å². The lowest BCUT2D eigenvalue weighted by atomic mass is 10.0. The van der Waals surface area contributed by atoms with Crippen molar-refractivity contribution in [1.29, 1.82) is 0 Å². The average molecular weight is 415 g/mol. The molecule has 0 saturated carbocycles. The zero-order chi connectivity index (χ0) is 20.3. The summed E-state index contributed by atoms with van der Waals surface area (Å²) in [6.07, 6.45) is 0. The third-order valence-electron chi connectivity index (χ3n) is 4.41. The van der Waals surface area contributed by atoms with Crippen LogP contribution in [0.5, 0.6) is 0 Å². The number of rotatable bonds is 6. The first-order valence-electron chi connectivity index (χ1n) is 9.00. The van der Waals surface area contributed by atoms with Gasteiger partial charge in [-0.25, -0.2) is 13.4 Å². The van der Waals surface area contributed by atoms with E-state index in [4.69, 9.17) is 0 Å². The fraction of sp³-hybridized carbons (Fsp3) is 0.238. The second-order valence-electron chi connectivity index (χ2n) is 6.70. The van der Waals surface area contributed by atoms with Crippen LogP contribution < -0.4 is 5.32 Å². The third kappa shape index (κ3) is 4.48. The Bertz CT molecular complexity index is 1070. The number of thiazole rings is 1. The van der Waals surface area contributed by atoms with E-state index in [-0.39, 0.29) is 16.6 Å². The fourth-order valence-electron chi connectivity index (χ4n) is 2.63. The van der Waals surface area contributed by atoms with Gasteiger partial charge in [0.15, 0.2) is 9.84 Å². The fourth-order valence-corrected chi connectivity index (χ4v) is 4.32. The molecule has 5 nitrogen and oxygen atoms in total. The number of nitrogens with zero attached hydrogens (tertiary/aromatic N) is 1. The van der Waals surface area contributed by atoms with Crippen molar-refractivity contribution in [2.45, 2.75) is 31.6 Å². The molecule has 1 heterocycles. The molecule has 0 spiro atoms. The number of sulfone groups is 1. The van der Waals surface area contributed by atoms with E-state index in [1.54, 1.807) is 24.4 Å². The zero-order valence-corrected chi connectivity index (χ0v) is 17.6. The zero-order valence-electron chi connectivity index (χ0n) is 16.0. The minimum atomic E-state index is -3.25. The number of aromatic nitrogens is 1. The van der Waals surface area contributed by atoms with Gasteiger partial charge in [-0.05, 0) is 35.7 Å². The number of carbonyl (C=O) groups excluding carboxylic acids is 1. The molecule has 0 aliphatic heterocycles. The first kappa shape index (κ1) is 20.2. The molecule has 0 bridgehead atoms. The molecule has 0 radical (unpaired) electrons. The minimum absolute atomic E-state index is 0.0401. The molecule has 146 valence electrons. The van der Waals surface area contributed by atoms with Crippen LogP contribution in [0.3, 0.4) is 0 Å². The Morgan fingerprint density at radius 1 is 1.07 bits per heavy atom. The van der Waals surface area contributed by atoms with Crippen LogP contribution in [0.25, 0.3) is 10.6 Å². The second kappa shape index (κ2) is 8.24. The van der Waals surface area contributed by atoms with Gasteiger partial charge in [0.2, 0.25) is 0 Å². The number of hydrogen-bond acceptors (Lipinski definition) is 5. The van der Waals surface area contributed by atoms with E-state index < -0.39 is 9.84 Å². The van der Waals surface area contributed by atoms with Crippen LogP contribution in [-0.2, 0) is 9.84 Å². The topological polar surface area (TPSA) is 76.1 Å². The second-order valence-corrected chi connectivity index (χ2v) is 9.83. The number of hydrogen-bond donors (Lipinski definition) is 1. The summed E-state index contributed by atoms with van der Waals surface area (Å²) in [5.74, 6) is 0.177. The highest BCUT2D eigenvalue weighted by Crippen LogP contribution is 2.26. The predicted octanol–water partition coefficient (Wildman–Crippen LogP) is 4.98. The summed E-state index contributed by atoms with van der Waals surface area (Å²) < 4.78 is 23.7. The SMILES string of the molecule is CCS(=O)(=O)c1ccc(NC(=O)c2csc(-c3ccc(C(C)C)cc3)n2)cc1. The summed E-state index contributed by atoms with van der Waals surface area (Å²) in [5.41, 5.74) is 3.09. The van der Waals surface area contributed by atoms with Crippen LogP contribution in [0.4, 0.5) is 5.69 Å². The highest BCUT2D eigenvalue weighted by molar-refractivity contribution is 7.91. The maximum Gasteiger partial charge on any atom is 0.275 e. The molecule has 3 aromatic rings. The molecule has 7 heteroatoms. The molecule has 0 aliphatic rings. The molecule has 0 atom stereocenters. The Kier molecular flexibility index (Phi) is 5.96. The summed E-state index contributed by atoms with van der Waals surface area (Å²) in [7, 11) is -3.25. The third-order valence-corrected chi connectivity index (χ3v) is 7.05. The number of amides is 1. The number of nitrogens with one attached hydrogen (secondary N) is 1. The molecule has 0 aliphatic carbocycles. The van der Waals surface area contributed by atoms with E-state index in [0.29, 0.717) is 17.3 Å². The molecular formula is C21H22N2O3S2. The van der Waals surface area contributed by atoms with Crippen LogP contribution >= 0.6 is 11.3 Å². The first-order chi connectivity index (χ1) is 13.3. The van der Waals surface area contributed by atoms with Crippen LogP contribution in [0.1, 0.15) is 42.7 Å². The van der Waals surface area contributed by atoms with Gasteiger partial charge in [0.1, 0.15) is 10.7 Å². The van der Waals surface area contributed by atoms with Crippen LogP contribution in [-0.4, -0.2) is 25.1 Å². The molecule has 28 heavy (non-hydrogen) atoms. The van der Waals surface area contributed by atoms with E-state index in [9.17, 15) is 13.2 Å². The summed E-state index contributed by atoms with van der Waals surface area (Å²) in [6, 6.07) is 14.3. The molecule has 0 unspecified atom stereocenters. The first-order valence-corrected chi connectivity index (χ1v) is 11.5. The van der Waals surface area contributed by atoms with Crippen molar-refractivity contribution in [3.8, 4) is 10.6 Å². The van der Waals surface area contributed by atoms with Gasteiger partial charge < -0.3 is 5.32 Å². The van der Waals surface area contributed by atoms with E-state index >= 15 is 0 Å². The van der Waals surface area contributed by atoms with Gasteiger partial charge in [-0.2, -0.15) is 0 Å². The molecule has 1 aromatic heterocycles. The molecule has 2 aromatic carbocycles. The van der Waals surface area contributed by atoms with Crippen molar-refractivity contribution in [1.82, 2.24) is 4.98 Å². The monoisotopic (exact) mass is 414 g/mol. The number of benzene rings is 2. The van der Waals surface area contributed by atoms with Crippen molar-refractivity contribution in [3.63, 3.8) is 0 Å². The highest BCUT2D eigenvalue weighted by Gasteiger charge is 2.14. The van der Waals surface area contributed by atoms with Crippen molar-refractivity contribution < 1.29 is 13.2 Å². The lowest BCUT2D eigenvalue weighted by molar-refractivity contribution is 0.102. The summed E-state index contributed by atoms with van der Waals surface area (Å²) in [5, 5.41) is 5.26. The summed E-state index contributed by atoms with van der Waals surface area (Å²) in [6.45, 7) is 5.89. The Labute approximate surface area is 169 Å². The highest BCUT2D eigenvalue weighted by atomic mass is 32.2. The van der Waals surface area contributed by atoms with Gasteiger partial charge in [0.25, 0.3) is 5.91 Å². The normalized spacial score (nSPS) is 11.6. The number of anilines is 1. The summed E-state index contributed by atoms with van der Waals surface area (Å²) in [4.78, 5) is 17.1. The molecule has 0 fully saturated rings. The summed E-state index contributed by atoms with van der Waals surface area (Å²) >= 11 is 1.41. The quantitative estimate of drug-likeness (QED) is 0.617. The van der Waals surface area contributed by atoms with Crippen molar-refractivity contribution in [3.05, 3.63) is 65.2 Å².